The predicted molar refractivity (Wildman–Crippen MR) is 168 cm³/mol. The van der Waals surface area contributed by atoms with E-state index in [4.69, 9.17) is 37.7 Å². The molecule has 5 rings (SSSR count). The van der Waals surface area contributed by atoms with Crippen molar-refractivity contribution in [3.63, 3.8) is 0 Å². The summed E-state index contributed by atoms with van der Waals surface area (Å²) >= 11 is 19.5. The number of aromatic nitrogens is 2. The van der Waals surface area contributed by atoms with Crippen molar-refractivity contribution in [3.05, 3.63) is 119 Å². The van der Waals surface area contributed by atoms with Crippen molar-refractivity contribution in [2.24, 2.45) is 5.10 Å². The Kier molecular flexibility index (Phi) is 8.90. The van der Waals surface area contributed by atoms with Gasteiger partial charge in [-0.25, -0.2) is 4.98 Å². The number of ether oxygens (including phenoxy) is 2. The number of halogens is 4. The maximum atomic E-state index is 13.5. The summed E-state index contributed by atoms with van der Waals surface area (Å²) in [5, 5.41) is 5.99. The van der Waals surface area contributed by atoms with Crippen molar-refractivity contribution in [2.45, 2.75) is 13.5 Å². The van der Waals surface area contributed by atoms with Crippen molar-refractivity contribution < 1.29 is 9.47 Å². The Labute approximate surface area is 257 Å². The molecule has 0 N–H and O–H groups in total. The molecule has 0 unspecified atom stereocenters. The highest BCUT2D eigenvalue weighted by molar-refractivity contribution is 9.13. The maximum absolute atomic E-state index is 13.5. The second kappa shape index (κ2) is 12.6. The lowest BCUT2D eigenvalue weighted by atomic mass is 10.2. The number of benzene rings is 4. The van der Waals surface area contributed by atoms with Crippen LogP contribution in [0.2, 0.25) is 10.0 Å². The molecule has 0 amide bonds. The zero-order valence-electron chi connectivity index (χ0n) is 21.1. The SMILES string of the molecule is CCOc1cc(C=Nn2c(-c3ccccc3)nc3ccccc3c2=O)c(Br)c(Br)c1OCc1ccc(Cl)c(Cl)c1. The van der Waals surface area contributed by atoms with Crippen LogP contribution in [0.4, 0.5) is 0 Å². The predicted octanol–water partition coefficient (Wildman–Crippen LogP) is 8.76. The zero-order valence-corrected chi connectivity index (χ0v) is 25.8. The topological polar surface area (TPSA) is 65.7 Å². The Morgan fingerprint density at radius 2 is 1.68 bits per heavy atom. The van der Waals surface area contributed by atoms with Gasteiger partial charge in [-0.1, -0.05) is 71.7 Å². The Morgan fingerprint density at radius 1 is 0.925 bits per heavy atom. The molecule has 1 heterocycles. The van der Waals surface area contributed by atoms with Crippen molar-refractivity contribution in [1.29, 1.82) is 0 Å². The number of rotatable bonds is 8. The second-order valence-electron chi connectivity index (χ2n) is 8.57. The highest BCUT2D eigenvalue weighted by Crippen LogP contribution is 2.43. The molecule has 1 aromatic heterocycles. The van der Waals surface area contributed by atoms with Crippen LogP contribution in [0.1, 0.15) is 18.1 Å². The number of fused-ring (bicyclic) bond motifs is 1. The van der Waals surface area contributed by atoms with E-state index >= 15 is 0 Å². The third-order valence-electron chi connectivity index (χ3n) is 5.92. The maximum Gasteiger partial charge on any atom is 0.282 e. The average Bonchev–Trinajstić information content (AvgIpc) is 2.97. The summed E-state index contributed by atoms with van der Waals surface area (Å²) in [7, 11) is 0. The first-order valence-corrected chi connectivity index (χ1v) is 14.5. The molecule has 0 aliphatic heterocycles. The van der Waals surface area contributed by atoms with E-state index in [1.54, 1.807) is 36.5 Å². The third kappa shape index (κ3) is 5.95. The van der Waals surface area contributed by atoms with E-state index in [1.165, 1.54) is 4.68 Å². The summed E-state index contributed by atoms with van der Waals surface area (Å²) in [6.07, 6.45) is 1.59. The van der Waals surface area contributed by atoms with Crippen LogP contribution in [0, 0.1) is 0 Å². The molecule has 6 nitrogen and oxygen atoms in total. The smallest absolute Gasteiger partial charge is 0.282 e. The molecule has 0 fully saturated rings. The van der Waals surface area contributed by atoms with E-state index in [9.17, 15) is 4.79 Å². The minimum atomic E-state index is -0.275. The summed E-state index contributed by atoms with van der Waals surface area (Å²) in [6, 6.07) is 23.8. The Hall–Kier alpha value is -3.17. The van der Waals surface area contributed by atoms with Crippen LogP contribution < -0.4 is 15.0 Å². The van der Waals surface area contributed by atoms with Gasteiger partial charge in [0, 0.05) is 15.6 Å². The molecule has 0 aliphatic rings. The van der Waals surface area contributed by atoms with E-state index in [0.717, 1.165) is 11.1 Å². The molecule has 0 spiro atoms. The molecular formula is C30H21Br2Cl2N3O3. The van der Waals surface area contributed by atoms with Crippen molar-refractivity contribution >= 4 is 72.2 Å². The minimum absolute atomic E-state index is 0.244. The largest absolute Gasteiger partial charge is 0.490 e. The van der Waals surface area contributed by atoms with Crippen LogP contribution in [0.25, 0.3) is 22.3 Å². The van der Waals surface area contributed by atoms with Crippen LogP contribution >= 0.6 is 55.1 Å². The molecule has 5 aromatic rings. The minimum Gasteiger partial charge on any atom is -0.490 e. The van der Waals surface area contributed by atoms with Gasteiger partial charge in [0.1, 0.15) is 6.61 Å². The van der Waals surface area contributed by atoms with Gasteiger partial charge in [-0.2, -0.15) is 9.78 Å². The molecule has 4 aromatic carbocycles. The Balaban J connectivity index is 1.56. The second-order valence-corrected chi connectivity index (χ2v) is 11.0. The lowest BCUT2D eigenvalue weighted by molar-refractivity contribution is 0.267. The Bertz CT molecular complexity index is 1790. The zero-order chi connectivity index (χ0) is 28.2. The van der Waals surface area contributed by atoms with Gasteiger partial charge in [-0.15, -0.1) is 0 Å². The van der Waals surface area contributed by atoms with Crippen LogP contribution in [0.3, 0.4) is 0 Å². The molecule has 40 heavy (non-hydrogen) atoms. The van der Waals surface area contributed by atoms with Crippen LogP contribution in [-0.4, -0.2) is 22.5 Å². The normalized spacial score (nSPS) is 11.3. The van der Waals surface area contributed by atoms with Gasteiger partial charge in [0.05, 0.1) is 38.2 Å². The molecule has 0 saturated heterocycles. The average molecular weight is 702 g/mol. The first kappa shape index (κ1) is 28.4. The van der Waals surface area contributed by atoms with Gasteiger partial charge in [0.15, 0.2) is 17.3 Å². The van der Waals surface area contributed by atoms with E-state index in [-0.39, 0.29) is 12.2 Å². The van der Waals surface area contributed by atoms with Crippen LogP contribution in [0.5, 0.6) is 11.5 Å². The fraction of sp³-hybridized carbons (Fsp3) is 0.100. The van der Waals surface area contributed by atoms with E-state index in [0.29, 0.717) is 59.4 Å². The van der Waals surface area contributed by atoms with Crippen molar-refractivity contribution in [1.82, 2.24) is 9.66 Å². The first-order chi connectivity index (χ1) is 19.4. The summed E-state index contributed by atoms with van der Waals surface area (Å²) in [5.74, 6) is 1.44. The third-order valence-corrected chi connectivity index (χ3v) is 8.80. The molecular weight excluding hydrogens is 681 g/mol. The van der Waals surface area contributed by atoms with Gasteiger partial charge in [0.2, 0.25) is 0 Å². The Morgan fingerprint density at radius 3 is 2.42 bits per heavy atom. The highest BCUT2D eigenvalue weighted by atomic mass is 79.9. The van der Waals surface area contributed by atoms with Gasteiger partial charge in [0.25, 0.3) is 5.56 Å². The fourth-order valence-electron chi connectivity index (χ4n) is 4.01. The number of nitrogens with zero attached hydrogens (tertiary/aromatic N) is 3. The van der Waals surface area contributed by atoms with E-state index < -0.39 is 0 Å². The summed E-state index contributed by atoms with van der Waals surface area (Å²) < 4.78 is 14.7. The van der Waals surface area contributed by atoms with Crippen LogP contribution in [0.15, 0.2) is 97.7 Å². The van der Waals surface area contributed by atoms with E-state index in [2.05, 4.69) is 37.0 Å². The molecule has 0 aliphatic carbocycles. The molecule has 10 heteroatoms. The molecule has 0 saturated carbocycles. The molecule has 0 radical (unpaired) electrons. The van der Waals surface area contributed by atoms with Gasteiger partial charge < -0.3 is 9.47 Å². The monoisotopic (exact) mass is 699 g/mol. The lowest BCUT2D eigenvalue weighted by Gasteiger charge is -2.16. The molecule has 0 bridgehead atoms. The summed E-state index contributed by atoms with van der Waals surface area (Å²) in [6.45, 7) is 2.55. The lowest BCUT2D eigenvalue weighted by Crippen LogP contribution is -2.20. The molecule has 202 valence electrons. The van der Waals surface area contributed by atoms with Gasteiger partial charge in [-0.05, 0) is 74.7 Å². The van der Waals surface area contributed by atoms with Gasteiger partial charge >= 0.3 is 0 Å². The molecule has 0 atom stereocenters. The standard InChI is InChI=1S/C30H21Br2Cl2N3O3/c1-2-39-25-15-20(26(31)27(32)28(25)40-17-18-12-13-22(33)23(34)14-18)16-35-37-29(19-8-4-3-5-9-19)36-24-11-7-6-10-21(24)30(37)38/h3-16H,2,17H2,1H3. The van der Waals surface area contributed by atoms with Crippen LogP contribution in [-0.2, 0) is 6.61 Å². The number of hydrogen-bond acceptors (Lipinski definition) is 5. The number of para-hydroxylation sites is 1. The first-order valence-electron chi connectivity index (χ1n) is 12.2. The summed E-state index contributed by atoms with van der Waals surface area (Å²) in [4.78, 5) is 18.3. The number of hydrogen-bond donors (Lipinski definition) is 0. The quantitative estimate of drug-likeness (QED) is 0.152. The van der Waals surface area contributed by atoms with E-state index in [1.807, 2.05) is 55.5 Å². The summed E-state index contributed by atoms with van der Waals surface area (Å²) in [5.41, 5.74) is 2.61. The fourth-order valence-corrected chi connectivity index (χ4v) is 5.26. The van der Waals surface area contributed by atoms with Crippen molar-refractivity contribution in [3.8, 4) is 22.9 Å². The van der Waals surface area contributed by atoms with Crippen molar-refractivity contribution in [2.75, 3.05) is 6.61 Å². The van der Waals surface area contributed by atoms with Gasteiger partial charge in [-0.3, -0.25) is 4.79 Å². The highest BCUT2D eigenvalue weighted by Gasteiger charge is 2.18.